The molecule has 0 unspecified atom stereocenters. The molecular formula is C15H13IN2O3. The molecule has 6 heteroatoms. The standard InChI is InChI=1S/C15H13IN2O3/c1-2-10-3-5-11(6-4-10)17-15(19)13-9-12(18(20)21)7-8-14(13)16/h3-9H,2H2,1H3,(H,17,19). The molecule has 0 saturated carbocycles. The molecule has 0 heterocycles. The number of rotatable bonds is 4. The number of nitro benzene ring substituents is 1. The van der Waals surface area contributed by atoms with Crippen LogP contribution in [0.1, 0.15) is 22.8 Å². The fourth-order valence-corrected chi connectivity index (χ4v) is 2.40. The molecule has 21 heavy (non-hydrogen) atoms. The first-order chi connectivity index (χ1) is 10.0. The molecule has 108 valence electrons. The van der Waals surface area contributed by atoms with Crippen LogP contribution in [0.2, 0.25) is 0 Å². The molecule has 2 aromatic rings. The summed E-state index contributed by atoms with van der Waals surface area (Å²) in [5.74, 6) is -0.354. The van der Waals surface area contributed by atoms with Crippen LogP contribution in [0.4, 0.5) is 11.4 Å². The number of hydrogen-bond donors (Lipinski definition) is 1. The Bertz CT molecular complexity index is 684. The number of nitrogens with zero attached hydrogens (tertiary/aromatic N) is 1. The van der Waals surface area contributed by atoms with Crippen molar-refractivity contribution < 1.29 is 9.72 Å². The zero-order valence-electron chi connectivity index (χ0n) is 11.3. The van der Waals surface area contributed by atoms with Crippen molar-refractivity contribution in [2.45, 2.75) is 13.3 Å². The van der Waals surface area contributed by atoms with Gasteiger partial charge < -0.3 is 5.32 Å². The van der Waals surface area contributed by atoms with Gasteiger partial charge in [-0.1, -0.05) is 19.1 Å². The van der Waals surface area contributed by atoms with Crippen LogP contribution in [-0.2, 0) is 6.42 Å². The third-order valence-corrected chi connectivity index (χ3v) is 3.97. The Hall–Kier alpha value is -1.96. The topological polar surface area (TPSA) is 72.2 Å². The molecule has 0 saturated heterocycles. The highest BCUT2D eigenvalue weighted by atomic mass is 127. The number of nitrogens with one attached hydrogen (secondary N) is 1. The number of amides is 1. The van der Waals surface area contributed by atoms with E-state index in [1.54, 1.807) is 6.07 Å². The van der Waals surface area contributed by atoms with E-state index in [4.69, 9.17) is 0 Å². The van der Waals surface area contributed by atoms with Crippen LogP contribution in [0, 0.1) is 13.7 Å². The molecule has 1 amide bonds. The van der Waals surface area contributed by atoms with E-state index >= 15 is 0 Å². The predicted octanol–water partition coefficient (Wildman–Crippen LogP) is 4.01. The lowest BCUT2D eigenvalue weighted by Crippen LogP contribution is -2.13. The number of hydrogen-bond acceptors (Lipinski definition) is 3. The van der Waals surface area contributed by atoms with Gasteiger partial charge in [0.1, 0.15) is 0 Å². The Balaban J connectivity index is 2.23. The van der Waals surface area contributed by atoms with Crippen LogP contribution < -0.4 is 5.32 Å². The molecule has 1 N–H and O–H groups in total. The van der Waals surface area contributed by atoms with Crippen LogP contribution in [0.5, 0.6) is 0 Å². The van der Waals surface area contributed by atoms with Crippen molar-refractivity contribution in [3.8, 4) is 0 Å². The first kappa shape index (κ1) is 15.4. The number of benzene rings is 2. The average Bonchev–Trinajstić information content (AvgIpc) is 2.48. The summed E-state index contributed by atoms with van der Waals surface area (Å²) in [5.41, 5.74) is 2.05. The lowest BCUT2D eigenvalue weighted by atomic mass is 10.1. The van der Waals surface area contributed by atoms with Crippen molar-refractivity contribution in [3.63, 3.8) is 0 Å². The zero-order valence-corrected chi connectivity index (χ0v) is 13.5. The monoisotopic (exact) mass is 396 g/mol. The first-order valence-corrected chi connectivity index (χ1v) is 7.43. The molecule has 0 spiro atoms. The fraction of sp³-hybridized carbons (Fsp3) is 0.133. The summed E-state index contributed by atoms with van der Waals surface area (Å²) in [6, 6.07) is 11.8. The summed E-state index contributed by atoms with van der Waals surface area (Å²) in [5, 5.41) is 13.5. The minimum absolute atomic E-state index is 0.0955. The molecule has 2 aromatic carbocycles. The summed E-state index contributed by atoms with van der Waals surface area (Å²) in [6.45, 7) is 2.05. The normalized spacial score (nSPS) is 10.2. The Morgan fingerprint density at radius 2 is 1.90 bits per heavy atom. The molecule has 0 aliphatic rings. The summed E-state index contributed by atoms with van der Waals surface area (Å²) < 4.78 is 0.667. The van der Waals surface area contributed by atoms with Gasteiger partial charge >= 0.3 is 0 Å². The average molecular weight is 396 g/mol. The molecular weight excluding hydrogens is 383 g/mol. The largest absolute Gasteiger partial charge is 0.322 e. The second-order valence-electron chi connectivity index (χ2n) is 4.43. The van der Waals surface area contributed by atoms with Crippen LogP contribution in [0.3, 0.4) is 0 Å². The van der Waals surface area contributed by atoms with Gasteiger partial charge in [-0.05, 0) is 52.8 Å². The third kappa shape index (κ3) is 3.78. The lowest BCUT2D eigenvalue weighted by molar-refractivity contribution is -0.384. The molecule has 0 aromatic heterocycles. The van der Waals surface area contributed by atoms with E-state index < -0.39 is 4.92 Å². The predicted molar refractivity (Wildman–Crippen MR) is 89.6 cm³/mol. The molecule has 0 aliphatic carbocycles. The van der Waals surface area contributed by atoms with Gasteiger partial charge in [-0.2, -0.15) is 0 Å². The number of aryl methyl sites for hydroxylation is 1. The minimum atomic E-state index is -0.511. The van der Waals surface area contributed by atoms with Gasteiger partial charge in [-0.3, -0.25) is 14.9 Å². The van der Waals surface area contributed by atoms with Crippen LogP contribution >= 0.6 is 22.6 Å². The third-order valence-electron chi connectivity index (χ3n) is 3.03. The van der Waals surface area contributed by atoms with E-state index in [-0.39, 0.29) is 11.6 Å². The van der Waals surface area contributed by atoms with Crippen LogP contribution in [0.25, 0.3) is 0 Å². The second-order valence-corrected chi connectivity index (χ2v) is 5.59. The maximum Gasteiger partial charge on any atom is 0.270 e. The van der Waals surface area contributed by atoms with E-state index in [0.29, 0.717) is 14.8 Å². The van der Waals surface area contributed by atoms with Gasteiger partial charge in [0.25, 0.3) is 11.6 Å². The minimum Gasteiger partial charge on any atom is -0.322 e. The van der Waals surface area contributed by atoms with Gasteiger partial charge in [0.2, 0.25) is 0 Å². The van der Waals surface area contributed by atoms with E-state index in [0.717, 1.165) is 6.42 Å². The highest BCUT2D eigenvalue weighted by Gasteiger charge is 2.15. The number of carbonyl (C=O) groups is 1. The number of non-ortho nitro benzene ring substituents is 1. The molecule has 0 aliphatic heterocycles. The fourth-order valence-electron chi connectivity index (χ4n) is 1.82. The molecule has 5 nitrogen and oxygen atoms in total. The highest BCUT2D eigenvalue weighted by molar-refractivity contribution is 14.1. The van der Waals surface area contributed by atoms with Crippen LogP contribution in [0.15, 0.2) is 42.5 Å². The van der Waals surface area contributed by atoms with Crippen molar-refractivity contribution in [3.05, 3.63) is 67.3 Å². The van der Waals surface area contributed by atoms with Crippen molar-refractivity contribution in [2.75, 3.05) is 5.32 Å². The Kier molecular flexibility index (Phi) is 4.89. The maximum absolute atomic E-state index is 12.2. The van der Waals surface area contributed by atoms with Gasteiger partial charge in [0.05, 0.1) is 10.5 Å². The molecule has 2 rings (SSSR count). The first-order valence-electron chi connectivity index (χ1n) is 6.35. The maximum atomic E-state index is 12.2. The number of nitro groups is 1. The Labute approximate surface area is 135 Å². The Morgan fingerprint density at radius 3 is 2.48 bits per heavy atom. The van der Waals surface area contributed by atoms with E-state index in [1.807, 2.05) is 46.9 Å². The SMILES string of the molecule is CCc1ccc(NC(=O)c2cc([N+](=O)[O-])ccc2I)cc1. The van der Waals surface area contributed by atoms with Crippen LogP contribution in [-0.4, -0.2) is 10.8 Å². The second kappa shape index (κ2) is 6.66. The van der Waals surface area contributed by atoms with E-state index in [1.165, 1.54) is 17.7 Å². The quantitative estimate of drug-likeness (QED) is 0.482. The Morgan fingerprint density at radius 1 is 1.24 bits per heavy atom. The molecule has 0 radical (unpaired) electrons. The summed E-state index contributed by atoms with van der Waals surface area (Å²) in [6.07, 6.45) is 0.928. The molecule has 0 atom stereocenters. The van der Waals surface area contributed by atoms with Gasteiger partial charge in [-0.15, -0.1) is 0 Å². The summed E-state index contributed by atoms with van der Waals surface area (Å²) >= 11 is 1.99. The summed E-state index contributed by atoms with van der Waals surface area (Å²) in [7, 11) is 0. The van der Waals surface area contributed by atoms with Gasteiger partial charge in [0.15, 0.2) is 0 Å². The van der Waals surface area contributed by atoms with Crippen molar-refractivity contribution in [1.82, 2.24) is 0 Å². The lowest BCUT2D eigenvalue weighted by Gasteiger charge is -2.07. The number of carbonyl (C=O) groups excluding carboxylic acids is 1. The summed E-state index contributed by atoms with van der Waals surface area (Å²) in [4.78, 5) is 22.5. The van der Waals surface area contributed by atoms with E-state index in [9.17, 15) is 14.9 Å². The van der Waals surface area contributed by atoms with Gasteiger partial charge in [0, 0.05) is 21.4 Å². The molecule has 0 bridgehead atoms. The zero-order chi connectivity index (χ0) is 15.4. The smallest absolute Gasteiger partial charge is 0.270 e. The van der Waals surface area contributed by atoms with Crippen molar-refractivity contribution in [2.24, 2.45) is 0 Å². The van der Waals surface area contributed by atoms with Gasteiger partial charge in [-0.25, -0.2) is 0 Å². The molecule has 0 fully saturated rings. The van der Waals surface area contributed by atoms with E-state index in [2.05, 4.69) is 12.2 Å². The van der Waals surface area contributed by atoms with Crippen molar-refractivity contribution >= 4 is 39.9 Å². The highest BCUT2D eigenvalue weighted by Crippen LogP contribution is 2.21. The number of halogens is 1. The number of anilines is 1. The van der Waals surface area contributed by atoms with Crippen molar-refractivity contribution in [1.29, 1.82) is 0 Å².